The summed E-state index contributed by atoms with van der Waals surface area (Å²) in [6.45, 7) is 12.5. The molecule has 0 spiro atoms. The van der Waals surface area contributed by atoms with Gasteiger partial charge in [-0.05, 0) is 39.0 Å². The van der Waals surface area contributed by atoms with E-state index in [0.717, 1.165) is 6.42 Å². The number of rotatable bonds is 4. The van der Waals surface area contributed by atoms with E-state index in [9.17, 15) is 9.59 Å². The number of nitrogens with one attached hydrogen (secondary N) is 1. The van der Waals surface area contributed by atoms with Gasteiger partial charge in [0.1, 0.15) is 11.6 Å². The normalized spacial score (nSPS) is 25.3. The molecule has 0 aliphatic carbocycles. The van der Waals surface area contributed by atoms with Crippen LogP contribution in [0.2, 0.25) is 0 Å². The van der Waals surface area contributed by atoms with Gasteiger partial charge in [-0.1, -0.05) is 20.8 Å². The Bertz CT molecular complexity index is 337. The molecule has 1 rings (SSSR count). The molecular weight excluding hydrogens is 228 g/mol. The highest BCUT2D eigenvalue weighted by Crippen LogP contribution is 2.21. The van der Waals surface area contributed by atoms with E-state index >= 15 is 0 Å². The van der Waals surface area contributed by atoms with Gasteiger partial charge >= 0.3 is 0 Å². The van der Waals surface area contributed by atoms with Crippen molar-refractivity contribution in [3.63, 3.8) is 0 Å². The SMILES string of the molecule is CC(C)CC(C)CN1C(=O)C(C)(C)NC(=O)C1C. The van der Waals surface area contributed by atoms with Gasteiger partial charge in [0.15, 0.2) is 0 Å². The molecule has 1 fully saturated rings. The van der Waals surface area contributed by atoms with E-state index in [2.05, 4.69) is 26.1 Å². The summed E-state index contributed by atoms with van der Waals surface area (Å²) in [6.07, 6.45) is 1.07. The van der Waals surface area contributed by atoms with Gasteiger partial charge in [-0.15, -0.1) is 0 Å². The molecule has 1 saturated heterocycles. The minimum absolute atomic E-state index is 0.0187. The van der Waals surface area contributed by atoms with Gasteiger partial charge < -0.3 is 10.2 Å². The molecule has 0 radical (unpaired) electrons. The van der Waals surface area contributed by atoms with Crippen LogP contribution >= 0.6 is 0 Å². The molecule has 1 aliphatic heterocycles. The summed E-state index contributed by atoms with van der Waals surface area (Å²) in [5.74, 6) is 0.983. The zero-order valence-corrected chi connectivity index (χ0v) is 12.4. The van der Waals surface area contributed by atoms with Gasteiger partial charge in [-0.2, -0.15) is 0 Å². The van der Waals surface area contributed by atoms with E-state index in [1.54, 1.807) is 25.7 Å². The van der Waals surface area contributed by atoms with Crippen molar-refractivity contribution < 1.29 is 9.59 Å². The topological polar surface area (TPSA) is 49.4 Å². The predicted molar refractivity (Wildman–Crippen MR) is 72.0 cm³/mol. The van der Waals surface area contributed by atoms with Crippen molar-refractivity contribution in [2.45, 2.75) is 59.5 Å². The summed E-state index contributed by atoms with van der Waals surface area (Å²) >= 11 is 0. The number of amides is 2. The van der Waals surface area contributed by atoms with Crippen LogP contribution < -0.4 is 5.32 Å². The predicted octanol–water partition coefficient (Wildman–Crippen LogP) is 1.79. The highest BCUT2D eigenvalue weighted by Gasteiger charge is 2.43. The second-order valence-corrected chi connectivity index (χ2v) is 6.48. The monoisotopic (exact) mass is 254 g/mol. The van der Waals surface area contributed by atoms with Gasteiger partial charge in [0.25, 0.3) is 0 Å². The summed E-state index contributed by atoms with van der Waals surface area (Å²) in [4.78, 5) is 25.9. The van der Waals surface area contributed by atoms with Gasteiger partial charge in [-0.3, -0.25) is 9.59 Å². The Labute approximate surface area is 110 Å². The quantitative estimate of drug-likeness (QED) is 0.831. The Balaban J connectivity index is 2.78. The van der Waals surface area contributed by atoms with Crippen LogP contribution in [0.5, 0.6) is 0 Å². The molecule has 0 aromatic carbocycles. The molecule has 4 heteroatoms. The molecule has 0 aromatic rings. The lowest BCUT2D eigenvalue weighted by Gasteiger charge is -2.42. The molecule has 1 N–H and O–H groups in total. The first-order valence-electron chi connectivity index (χ1n) is 6.78. The van der Waals surface area contributed by atoms with Crippen LogP contribution in [0.1, 0.15) is 48.0 Å². The number of carbonyl (C=O) groups is 2. The van der Waals surface area contributed by atoms with Crippen LogP contribution in [0.25, 0.3) is 0 Å². The largest absolute Gasteiger partial charge is 0.340 e. The van der Waals surface area contributed by atoms with E-state index in [1.165, 1.54) is 0 Å². The summed E-state index contributed by atoms with van der Waals surface area (Å²) in [5.41, 5.74) is -0.777. The fourth-order valence-electron chi connectivity index (χ4n) is 2.60. The van der Waals surface area contributed by atoms with E-state index in [1.807, 2.05) is 0 Å². The number of carbonyl (C=O) groups excluding carboxylic acids is 2. The number of piperazine rings is 1. The second-order valence-electron chi connectivity index (χ2n) is 6.48. The zero-order valence-electron chi connectivity index (χ0n) is 12.4. The molecule has 18 heavy (non-hydrogen) atoms. The fraction of sp³-hybridized carbons (Fsp3) is 0.857. The molecule has 2 unspecified atom stereocenters. The molecule has 4 nitrogen and oxygen atoms in total. The number of hydrogen-bond donors (Lipinski definition) is 1. The Hall–Kier alpha value is -1.06. The summed E-state index contributed by atoms with van der Waals surface area (Å²) in [6, 6.07) is -0.361. The lowest BCUT2D eigenvalue weighted by atomic mass is 9.93. The summed E-state index contributed by atoms with van der Waals surface area (Å²) < 4.78 is 0. The molecule has 2 atom stereocenters. The van der Waals surface area contributed by atoms with Crippen LogP contribution in [0.3, 0.4) is 0 Å². The zero-order chi connectivity index (χ0) is 14.1. The Kier molecular flexibility index (Phi) is 4.41. The summed E-state index contributed by atoms with van der Waals surface area (Å²) in [5, 5.41) is 2.77. The third kappa shape index (κ3) is 3.24. The van der Waals surface area contributed by atoms with Crippen molar-refractivity contribution in [3.05, 3.63) is 0 Å². The van der Waals surface area contributed by atoms with Crippen LogP contribution in [0, 0.1) is 11.8 Å². The Morgan fingerprint density at radius 1 is 1.28 bits per heavy atom. The Morgan fingerprint density at radius 3 is 2.33 bits per heavy atom. The molecule has 0 bridgehead atoms. The first kappa shape index (κ1) is 15.0. The average molecular weight is 254 g/mol. The summed E-state index contributed by atoms with van der Waals surface area (Å²) in [7, 11) is 0. The van der Waals surface area contributed by atoms with Gasteiger partial charge in [0.2, 0.25) is 11.8 Å². The third-order valence-corrected chi connectivity index (χ3v) is 3.46. The van der Waals surface area contributed by atoms with E-state index in [0.29, 0.717) is 18.4 Å². The number of nitrogens with zero attached hydrogens (tertiary/aromatic N) is 1. The lowest BCUT2D eigenvalue weighted by molar-refractivity contribution is -0.153. The molecule has 104 valence electrons. The third-order valence-electron chi connectivity index (χ3n) is 3.46. The molecule has 2 amide bonds. The van der Waals surface area contributed by atoms with E-state index in [4.69, 9.17) is 0 Å². The van der Waals surface area contributed by atoms with E-state index < -0.39 is 5.54 Å². The van der Waals surface area contributed by atoms with Crippen molar-refractivity contribution in [3.8, 4) is 0 Å². The Morgan fingerprint density at radius 2 is 1.83 bits per heavy atom. The fourth-order valence-corrected chi connectivity index (χ4v) is 2.60. The molecular formula is C14H26N2O2. The molecule has 0 aromatic heterocycles. The van der Waals surface area contributed by atoms with Gasteiger partial charge in [-0.25, -0.2) is 0 Å². The molecule has 0 saturated carbocycles. The average Bonchev–Trinajstić information content (AvgIpc) is 2.20. The smallest absolute Gasteiger partial charge is 0.248 e. The minimum Gasteiger partial charge on any atom is -0.340 e. The van der Waals surface area contributed by atoms with E-state index in [-0.39, 0.29) is 17.9 Å². The minimum atomic E-state index is -0.777. The highest BCUT2D eigenvalue weighted by atomic mass is 16.2. The maximum atomic E-state index is 12.3. The number of hydrogen-bond acceptors (Lipinski definition) is 2. The van der Waals surface area contributed by atoms with Crippen LogP contribution in [-0.4, -0.2) is 34.8 Å². The second kappa shape index (κ2) is 5.29. The maximum absolute atomic E-state index is 12.3. The van der Waals surface area contributed by atoms with Gasteiger partial charge in [0, 0.05) is 6.54 Å². The van der Waals surface area contributed by atoms with Crippen LogP contribution in [0.15, 0.2) is 0 Å². The van der Waals surface area contributed by atoms with Crippen molar-refractivity contribution in [2.24, 2.45) is 11.8 Å². The van der Waals surface area contributed by atoms with Crippen molar-refractivity contribution in [1.82, 2.24) is 10.2 Å². The standard InChI is InChI=1S/C14H26N2O2/c1-9(2)7-10(3)8-16-11(4)12(17)15-14(5,6)13(16)18/h9-11H,7-8H2,1-6H3,(H,15,17). The first-order chi connectivity index (χ1) is 8.15. The van der Waals surface area contributed by atoms with Gasteiger partial charge in [0.05, 0.1) is 0 Å². The lowest BCUT2D eigenvalue weighted by Crippen LogP contribution is -2.67. The highest BCUT2D eigenvalue weighted by molar-refractivity contribution is 5.99. The van der Waals surface area contributed by atoms with Crippen molar-refractivity contribution >= 4 is 11.8 Å². The van der Waals surface area contributed by atoms with Crippen molar-refractivity contribution in [2.75, 3.05) is 6.54 Å². The van der Waals surface area contributed by atoms with Crippen LogP contribution in [0.4, 0.5) is 0 Å². The molecule has 1 heterocycles. The maximum Gasteiger partial charge on any atom is 0.248 e. The first-order valence-corrected chi connectivity index (χ1v) is 6.78. The van der Waals surface area contributed by atoms with Crippen LogP contribution in [-0.2, 0) is 9.59 Å². The van der Waals surface area contributed by atoms with Crippen molar-refractivity contribution in [1.29, 1.82) is 0 Å². The molecule has 1 aliphatic rings.